The molecule has 166 valence electrons. The van der Waals surface area contributed by atoms with Crippen molar-refractivity contribution in [1.82, 2.24) is 9.97 Å². The molecule has 0 saturated heterocycles. The average molecular weight is 513 g/mol. The molecule has 7 nitrogen and oxygen atoms in total. The number of benzene rings is 3. The minimum Gasteiger partial charge on any atom is -0.298 e. The Morgan fingerprint density at radius 2 is 1.55 bits per heavy atom. The van der Waals surface area contributed by atoms with E-state index in [9.17, 15) is 13.2 Å². The van der Waals surface area contributed by atoms with Crippen LogP contribution in [0.25, 0.3) is 20.4 Å². The second kappa shape index (κ2) is 8.75. The number of carbonyl (C=O) groups excluding carboxylic acids is 1. The third-order valence-corrected chi connectivity index (χ3v) is 9.34. The van der Waals surface area contributed by atoms with Gasteiger partial charge in [0.1, 0.15) is 0 Å². The highest BCUT2D eigenvalue weighted by Gasteiger charge is 2.16. The van der Waals surface area contributed by atoms with E-state index in [1.807, 2.05) is 18.4 Å². The van der Waals surface area contributed by atoms with Crippen molar-refractivity contribution in [2.45, 2.75) is 9.24 Å². The monoisotopic (exact) mass is 512 g/mol. The lowest BCUT2D eigenvalue weighted by Gasteiger charge is -2.08. The maximum Gasteiger partial charge on any atom is 0.261 e. The first-order valence-corrected chi connectivity index (χ1v) is 14.0. The van der Waals surface area contributed by atoms with Crippen molar-refractivity contribution in [3.8, 4) is 0 Å². The van der Waals surface area contributed by atoms with E-state index < -0.39 is 10.0 Å². The summed E-state index contributed by atoms with van der Waals surface area (Å²) in [4.78, 5) is 22.0. The van der Waals surface area contributed by atoms with Gasteiger partial charge in [0.2, 0.25) is 0 Å². The molecule has 0 bridgehead atoms. The Bertz CT molecular complexity index is 1580. The van der Waals surface area contributed by atoms with Gasteiger partial charge < -0.3 is 0 Å². The maximum absolute atomic E-state index is 12.7. The summed E-state index contributed by atoms with van der Waals surface area (Å²) < 4.78 is 30.5. The number of hydrogen-bond donors (Lipinski definition) is 2. The van der Waals surface area contributed by atoms with Gasteiger partial charge in [-0.3, -0.25) is 14.8 Å². The van der Waals surface area contributed by atoms with Gasteiger partial charge in [-0.2, -0.15) is 0 Å². The first-order valence-electron chi connectivity index (χ1n) is 9.66. The molecule has 2 heterocycles. The van der Waals surface area contributed by atoms with Gasteiger partial charge in [-0.25, -0.2) is 18.4 Å². The van der Waals surface area contributed by atoms with E-state index >= 15 is 0 Å². The van der Waals surface area contributed by atoms with Gasteiger partial charge in [0.25, 0.3) is 15.9 Å². The number of thiazole rings is 2. The van der Waals surface area contributed by atoms with Crippen LogP contribution in [-0.2, 0) is 10.0 Å². The molecule has 0 spiro atoms. The first-order chi connectivity index (χ1) is 15.9. The molecule has 0 aliphatic rings. The topological polar surface area (TPSA) is 101 Å². The number of nitrogens with one attached hydrogen (secondary N) is 2. The van der Waals surface area contributed by atoms with Crippen molar-refractivity contribution < 1.29 is 13.2 Å². The fraction of sp³-hybridized carbons (Fsp3) is 0.0455. The van der Waals surface area contributed by atoms with Crippen molar-refractivity contribution in [1.29, 1.82) is 0 Å². The molecule has 0 unspecified atom stereocenters. The number of amides is 1. The molecule has 0 saturated carbocycles. The van der Waals surface area contributed by atoms with Crippen LogP contribution >= 0.6 is 34.4 Å². The van der Waals surface area contributed by atoms with Crippen molar-refractivity contribution in [3.63, 3.8) is 0 Å². The number of aromatic nitrogens is 2. The number of thioether (sulfide) groups is 1. The summed E-state index contributed by atoms with van der Waals surface area (Å²) in [5.41, 5.74) is 2.49. The van der Waals surface area contributed by atoms with E-state index in [0.717, 1.165) is 24.8 Å². The van der Waals surface area contributed by atoms with E-state index in [4.69, 9.17) is 0 Å². The highest BCUT2D eigenvalue weighted by atomic mass is 32.2. The highest BCUT2D eigenvalue weighted by molar-refractivity contribution is 8.00. The number of fused-ring (bicyclic) bond motifs is 3. The number of hydrogen-bond acceptors (Lipinski definition) is 8. The lowest BCUT2D eigenvalue weighted by Crippen LogP contribution is -2.14. The number of rotatable bonds is 6. The fourth-order valence-corrected chi connectivity index (χ4v) is 6.90. The van der Waals surface area contributed by atoms with Crippen LogP contribution in [0.2, 0.25) is 0 Å². The van der Waals surface area contributed by atoms with Crippen LogP contribution < -0.4 is 10.0 Å². The standard InChI is InChI=1S/C22H16N4O3S4/c1-30-22-24-17-12-11-16-18(19(17)32-22)31-21(23-16)25-20(27)13-7-9-14(10-8-13)26-33(28,29)15-5-3-2-4-6-15/h2-12,26H,1H3,(H,23,25,27). The Morgan fingerprint density at radius 1 is 0.879 bits per heavy atom. The lowest BCUT2D eigenvalue weighted by molar-refractivity contribution is 0.102. The predicted molar refractivity (Wildman–Crippen MR) is 136 cm³/mol. The number of nitrogens with zero attached hydrogens (tertiary/aromatic N) is 2. The summed E-state index contributed by atoms with van der Waals surface area (Å²) in [6, 6.07) is 18.2. The van der Waals surface area contributed by atoms with E-state index in [0.29, 0.717) is 16.4 Å². The van der Waals surface area contributed by atoms with Crippen LogP contribution in [0.5, 0.6) is 0 Å². The van der Waals surface area contributed by atoms with E-state index in [-0.39, 0.29) is 10.8 Å². The zero-order valence-corrected chi connectivity index (χ0v) is 20.4. The van der Waals surface area contributed by atoms with Gasteiger partial charge in [0.15, 0.2) is 9.47 Å². The van der Waals surface area contributed by atoms with Crippen LogP contribution in [0, 0.1) is 0 Å². The molecule has 2 N–H and O–H groups in total. The molecular weight excluding hydrogens is 497 g/mol. The summed E-state index contributed by atoms with van der Waals surface area (Å²) >= 11 is 4.62. The molecule has 0 fully saturated rings. The van der Waals surface area contributed by atoms with Crippen LogP contribution in [0.3, 0.4) is 0 Å². The zero-order valence-electron chi connectivity index (χ0n) is 17.1. The van der Waals surface area contributed by atoms with Crippen LogP contribution in [0.4, 0.5) is 10.8 Å². The number of carbonyl (C=O) groups is 1. The van der Waals surface area contributed by atoms with Crippen LogP contribution in [-0.4, -0.2) is 30.5 Å². The Labute approximate surface area is 202 Å². The third-order valence-electron chi connectivity index (χ3n) is 4.74. The van der Waals surface area contributed by atoms with Gasteiger partial charge >= 0.3 is 0 Å². The van der Waals surface area contributed by atoms with Crippen molar-refractivity contribution >= 4 is 81.6 Å². The molecule has 1 amide bonds. The lowest BCUT2D eigenvalue weighted by atomic mass is 10.2. The molecule has 0 atom stereocenters. The Kier molecular flexibility index (Phi) is 5.79. The predicted octanol–water partition coefficient (Wildman–Crippen LogP) is 5.68. The highest BCUT2D eigenvalue weighted by Crippen LogP contribution is 2.38. The largest absolute Gasteiger partial charge is 0.298 e. The van der Waals surface area contributed by atoms with Crippen molar-refractivity contribution in [2.75, 3.05) is 16.3 Å². The van der Waals surface area contributed by atoms with E-state index in [1.165, 1.54) is 23.5 Å². The van der Waals surface area contributed by atoms with Gasteiger partial charge in [-0.05, 0) is 54.8 Å². The molecule has 0 aliphatic carbocycles. The summed E-state index contributed by atoms with van der Waals surface area (Å²) in [5.74, 6) is -0.322. The molecule has 11 heteroatoms. The second-order valence-electron chi connectivity index (χ2n) is 6.92. The van der Waals surface area contributed by atoms with Crippen molar-refractivity contribution in [3.05, 3.63) is 72.3 Å². The summed E-state index contributed by atoms with van der Waals surface area (Å²) in [5, 5.41) is 3.33. The fourth-order valence-electron chi connectivity index (χ4n) is 3.17. The molecule has 3 aromatic carbocycles. The van der Waals surface area contributed by atoms with E-state index in [2.05, 4.69) is 20.0 Å². The van der Waals surface area contributed by atoms with Gasteiger partial charge in [0.05, 0.1) is 25.3 Å². The number of sulfonamides is 1. The van der Waals surface area contributed by atoms with E-state index in [1.54, 1.807) is 65.6 Å². The number of anilines is 2. The van der Waals surface area contributed by atoms with Crippen LogP contribution in [0.1, 0.15) is 10.4 Å². The summed E-state index contributed by atoms with van der Waals surface area (Å²) in [6.45, 7) is 0. The average Bonchev–Trinajstić information content (AvgIpc) is 3.43. The summed E-state index contributed by atoms with van der Waals surface area (Å²) in [7, 11) is -3.69. The minimum absolute atomic E-state index is 0.169. The Balaban J connectivity index is 1.33. The smallest absolute Gasteiger partial charge is 0.261 e. The normalized spacial score (nSPS) is 11.7. The molecule has 0 radical (unpaired) electrons. The molecule has 5 rings (SSSR count). The van der Waals surface area contributed by atoms with Crippen LogP contribution in [0.15, 0.2) is 76.0 Å². The van der Waals surface area contributed by atoms with Gasteiger partial charge in [0, 0.05) is 11.3 Å². The Hall–Kier alpha value is -2.99. The van der Waals surface area contributed by atoms with Gasteiger partial charge in [-0.1, -0.05) is 41.3 Å². The second-order valence-corrected chi connectivity index (χ2v) is 11.6. The molecular formula is C22H16N4O3S4. The molecule has 33 heavy (non-hydrogen) atoms. The zero-order chi connectivity index (χ0) is 23.0. The molecule has 2 aromatic heterocycles. The maximum atomic E-state index is 12.7. The Morgan fingerprint density at radius 3 is 2.24 bits per heavy atom. The van der Waals surface area contributed by atoms with Crippen molar-refractivity contribution in [2.24, 2.45) is 0 Å². The molecule has 5 aromatic rings. The third kappa shape index (κ3) is 4.44. The first kappa shape index (κ1) is 21.8. The summed E-state index contributed by atoms with van der Waals surface area (Å²) in [6.07, 6.45) is 1.99. The quantitative estimate of drug-likeness (QED) is 0.284. The minimum atomic E-state index is -3.69. The SMILES string of the molecule is CSc1nc2ccc3nc(NC(=O)c4ccc(NS(=O)(=O)c5ccccc5)cc4)sc3c2s1. The molecule has 0 aliphatic heterocycles. The van der Waals surface area contributed by atoms with Gasteiger partial charge in [-0.15, -0.1) is 11.3 Å².